The van der Waals surface area contributed by atoms with Crippen molar-refractivity contribution in [1.29, 1.82) is 0 Å². The first-order valence-electron chi connectivity index (χ1n) is 11.4. The molecule has 0 radical (unpaired) electrons. The molecular formula is C21H35ClF2N2O6S. The smallest absolute Gasteiger partial charge is 0.240 e. The van der Waals surface area contributed by atoms with Crippen molar-refractivity contribution in [2.45, 2.75) is 92.4 Å². The first-order valence-corrected chi connectivity index (χ1v) is 13.2. The summed E-state index contributed by atoms with van der Waals surface area (Å²) in [6.07, 6.45) is -4.48. The van der Waals surface area contributed by atoms with Crippen molar-refractivity contribution < 1.29 is 38.4 Å². The number of halogens is 3. The van der Waals surface area contributed by atoms with Crippen molar-refractivity contribution in [1.82, 2.24) is 10.6 Å². The minimum absolute atomic E-state index is 0.0344. The number of fused-ring (bicyclic) bond motifs is 1. The molecule has 3 saturated heterocycles. The number of aliphatic hydroxyl groups is 3. The molecule has 1 amide bonds. The van der Waals surface area contributed by atoms with Crippen molar-refractivity contribution in [3.05, 3.63) is 0 Å². The summed E-state index contributed by atoms with van der Waals surface area (Å²) in [5, 5.41) is 36.2. The van der Waals surface area contributed by atoms with E-state index in [-0.39, 0.29) is 24.2 Å². The first kappa shape index (κ1) is 27.3. The van der Waals surface area contributed by atoms with Gasteiger partial charge in [-0.05, 0) is 44.3 Å². The van der Waals surface area contributed by atoms with Gasteiger partial charge in [0.05, 0.1) is 17.5 Å². The van der Waals surface area contributed by atoms with Crippen molar-refractivity contribution >= 4 is 29.3 Å². The second kappa shape index (κ2) is 12.1. The molecule has 0 bridgehead atoms. The fourth-order valence-corrected chi connectivity index (χ4v) is 5.98. The maximum Gasteiger partial charge on any atom is 0.240 e. The van der Waals surface area contributed by atoms with Crippen molar-refractivity contribution in [2.24, 2.45) is 11.8 Å². The first-order chi connectivity index (χ1) is 15.6. The topological polar surface area (TPSA) is 120 Å². The molecule has 11 atom stereocenters. The summed E-state index contributed by atoms with van der Waals surface area (Å²) in [5.74, 6) is -0.203. The summed E-state index contributed by atoms with van der Waals surface area (Å²) in [6.45, 7) is 2.59. The van der Waals surface area contributed by atoms with Gasteiger partial charge in [-0.3, -0.25) is 4.79 Å². The Kier molecular flexibility index (Phi) is 10.0. The van der Waals surface area contributed by atoms with Crippen LogP contribution in [0.4, 0.5) is 8.78 Å². The van der Waals surface area contributed by atoms with Gasteiger partial charge in [-0.2, -0.15) is 0 Å². The Hall–Kier alpha value is -0.270. The zero-order valence-corrected chi connectivity index (χ0v) is 20.4. The molecule has 3 rings (SSSR count). The molecule has 3 heterocycles. The van der Waals surface area contributed by atoms with E-state index >= 15 is 0 Å². The number of alkyl halides is 3. The number of amides is 1. The molecule has 0 aliphatic carbocycles. The Labute approximate surface area is 202 Å². The van der Waals surface area contributed by atoms with E-state index in [1.807, 2.05) is 0 Å². The fraction of sp³-hybridized carbons (Fsp3) is 0.952. The number of nitrogens with one attached hydrogen (secondary N) is 2. The molecule has 0 aromatic heterocycles. The predicted molar refractivity (Wildman–Crippen MR) is 120 cm³/mol. The van der Waals surface area contributed by atoms with Crippen LogP contribution in [0.2, 0.25) is 0 Å². The highest BCUT2D eigenvalue weighted by Crippen LogP contribution is 2.34. The molecule has 5 N–H and O–H groups in total. The third-order valence-corrected chi connectivity index (χ3v) is 8.06. The molecule has 8 nitrogen and oxygen atoms in total. The molecular weight excluding hydrogens is 482 g/mol. The van der Waals surface area contributed by atoms with Crippen LogP contribution in [0.3, 0.4) is 0 Å². The van der Waals surface area contributed by atoms with Crippen molar-refractivity contribution in [3.8, 4) is 0 Å². The van der Waals surface area contributed by atoms with E-state index in [9.17, 15) is 28.9 Å². The molecule has 192 valence electrons. The molecule has 3 fully saturated rings. The number of carbonyl (C=O) groups excluding carboxylic acids is 1. The Balaban J connectivity index is 1.65. The number of aliphatic hydroxyl groups excluding tert-OH is 3. The van der Waals surface area contributed by atoms with Crippen LogP contribution in [-0.4, -0.2) is 100 Å². The highest BCUT2D eigenvalue weighted by Gasteiger charge is 2.49. The maximum absolute atomic E-state index is 13.2. The van der Waals surface area contributed by atoms with Crippen LogP contribution >= 0.6 is 23.4 Å². The number of carbonyl (C=O) groups is 1. The maximum atomic E-state index is 13.2. The quantitative estimate of drug-likeness (QED) is 0.299. The van der Waals surface area contributed by atoms with Gasteiger partial charge in [-0.1, -0.05) is 0 Å². The Morgan fingerprint density at radius 3 is 2.64 bits per heavy atom. The SMILES string of the molecule is CSC1O[C@H]([C@H](NC(=O)[C@H]2NC[C@@H]3C[C@H](CCC(F)F)CCO[C@H]32)[C@H](C)Cl)[C@@H](O)C(O)[C@H]1O. The van der Waals surface area contributed by atoms with Gasteiger partial charge in [-0.15, -0.1) is 23.4 Å². The Bertz CT molecular complexity index is 652. The van der Waals surface area contributed by atoms with Crippen LogP contribution in [0.5, 0.6) is 0 Å². The van der Waals surface area contributed by atoms with Gasteiger partial charge in [0.25, 0.3) is 0 Å². The number of hydrogen-bond donors (Lipinski definition) is 5. The standard InChI is InChI=1S/C21H35ClF2N2O6S/c1-9(22)13(19-16(28)15(27)17(29)21(32-19)33-2)26-20(30)14-18-11(8-25-14)7-10(5-6-31-18)3-4-12(23)24/h9-19,21,25,27-29H,3-8H2,1-2H3,(H,26,30)/t9-,10+,11-,13+,14-,15?,16-,17+,18+,19+,21?/m0/s1. The van der Waals surface area contributed by atoms with Gasteiger partial charge in [-0.25, -0.2) is 8.78 Å². The summed E-state index contributed by atoms with van der Waals surface area (Å²) >= 11 is 7.52. The van der Waals surface area contributed by atoms with E-state index in [2.05, 4.69) is 10.6 Å². The number of hydrogen-bond acceptors (Lipinski definition) is 8. The lowest BCUT2D eigenvalue weighted by Crippen LogP contribution is -2.65. The second-order valence-corrected chi connectivity index (χ2v) is 10.9. The zero-order valence-electron chi connectivity index (χ0n) is 18.8. The van der Waals surface area contributed by atoms with Gasteiger partial charge in [0.1, 0.15) is 35.9 Å². The van der Waals surface area contributed by atoms with Crippen LogP contribution in [0.25, 0.3) is 0 Å². The van der Waals surface area contributed by atoms with Crippen LogP contribution in [0, 0.1) is 11.8 Å². The number of ether oxygens (including phenoxy) is 2. The van der Waals surface area contributed by atoms with Gasteiger partial charge in [0.15, 0.2) is 0 Å². The summed E-state index contributed by atoms with van der Waals surface area (Å²) in [4.78, 5) is 13.2. The Morgan fingerprint density at radius 1 is 1.27 bits per heavy atom. The molecule has 33 heavy (non-hydrogen) atoms. The predicted octanol–water partition coefficient (Wildman–Crippen LogP) is 0.698. The molecule has 0 spiro atoms. The van der Waals surface area contributed by atoms with E-state index in [1.165, 1.54) is 11.8 Å². The molecule has 0 saturated carbocycles. The number of rotatable bonds is 8. The monoisotopic (exact) mass is 516 g/mol. The van der Waals surface area contributed by atoms with Crippen molar-refractivity contribution in [2.75, 3.05) is 19.4 Å². The van der Waals surface area contributed by atoms with E-state index in [0.717, 1.165) is 0 Å². The highest BCUT2D eigenvalue weighted by molar-refractivity contribution is 7.99. The molecule has 2 unspecified atom stereocenters. The summed E-state index contributed by atoms with van der Waals surface area (Å²) in [6, 6.07) is -1.49. The van der Waals surface area contributed by atoms with E-state index < -0.39 is 59.8 Å². The minimum atomic E-state index is -2.32. The highest BCUT2D eigenvalue weighted by atomic mass is 35.5. The van der Waals surface area contributed by atoms with Crippen LogP contribution in [0.1, 0.15) is 32.6 Å². The molecule has 3 aliphatic heterocycles. The van der Waals surface area contributed by atoms with Crippen LogP contribution in [0.15, 0.2) is 0 Å². The molecule has 0 aromatic rings. The normalized spacial score (nSPS) is 41.3. The average molecular weight is 517 g/mol. The largest absolute Gasteiger partial charge is 0.388 e. The van der Waals surface area contributed by atoms with Gasteiger partial charge in [0, 0.05) is 19.6 Å². The lowest BCUT2D eigenvalue weighted by molar-refractivity contribution is -0.205. The molecule has 12 heteroatoms. The molecule has 0 aromatic carbocycles. The van der Waals surface area contributed by atoms with Gasteiger partial charge >= 0.3 is 0 Å². The van der Waals surface area contributed by atoms with E-state index in [0.29, 0.717) is 32.4 Å². The fourth-order valence-electron chi connectivity index (χ4n) is 5.09. The summed E-state index contributed by atoms with van der Waals surface area (Å²) in [7, 11) is 0. The average Bonchev–Trinajstić information content (AvgIpc) is 3.05. The van der Waals surface area contributed by atoms with Crippen LogP contribution in [-0.2, 0) is 14.3 Å². The van der Waals surface area contributed by atoms with E-state index in [1.54, 1.807) is 13.2 Å². The third kappa shape index (κ3) is 6.49. The van der Waals surface area contributed by atoms with Crippen molar-refractivity contribution in [3.63, 3.8) is 0 Å². The van der Waals surface area contributed by atoms with E-state index in [4.69, 9.17) is 21.1 Å². The summed E-state index contributed by atoms with van der Waals surface area (Å²) in [5.41, 5.74) is -0.785. The Morgan fingerprint density at radius 2 is 2.00 bits per heavy atom. The third-order valence-electron chi connectivity index (χ3n) is 6.94. The second-order valence-electron chi connectivity index (χ2n) is 9.23. The van der Waals surface area contributed by atoms with Gasteiger partial charge in [0.2, 0.25) is 12.3 Å². The zero-order chi connectivity index (χ0) is 24.3. The minimum Gasteiger partial charge on any atom is -0.388 e. The summed E-state index contributed by atoms with van der Waals surface area (Å²) < 4.78 is 37.0. The van der Waals surface area contributed by atoms with Crippen LogP contribution < -0.4 is 10.6 Å². The molecule has 3 aliphatic rings. The number of thioether (sulfide) groups is 1. The lowest BCUT2D eigenvalue weighted by atomic mass is 9.87. The lowest BCUT2D eigenvalue weighted by Gasteiger charge is -2.44. The van der Waals surface area contributed by atoms with Gasteiger partial charge < -0.3 is 35.4 Å².